The number of hydrogen-bond donors (Lipinski definition) is 1. The van der Waals surface area contributed by atoms with Crippen LogP contribution < -0.4 is 5.32 Å². The third kappa shape index (κ3) is 2.73. The van der Waals surface area contributed by atoms with Gasteiger partial charge in [0.05, 0.1) is 6.33 Å². The number of rotatable bonds is 4. The molecule has 0 radical (unpaired) electrons. The van der Waals surface area contributed by atoms with Crippen molar-refractivity contribution in [3.8, 4) is 5.69 Å². The van der Waals surface area contributed by atoms with Crippen LogP contribution in [0.2, 0.25) is 0 Å². The van der Waals surface area contributed by atoms with E-state index < -0.39 is 11.6 Å². The number of aromatic nitrogens is 2. The molecule has 0 spiro atoms. The molecular weight excluding hydrogens is 236 g/mol. The fourth-order valence-corrected chi connectivity index (χ4v) is 1.68. The van der Waals surface area contributed by atoms with E-state index in [2.05, 4.69) is 10.3 Å². The van der Waals surface area contributed by atoms with Crippen molar-refractivity contribution < 1.29 is 8.78 Å². The molecule has 0 saturated carbocycles. The van der Waals surface area contributed by atoms with E-state index in [0.29, 0.717) is 12.1 Å². The lowest BCUT2D eigenvalue weighted by Gasteiger charge is -2.11. The Morgan fingerprint density at radius 3 is 2.44 bits per heavy atom. The Bertz CT molecular complexity index is 498. The number of halogens is 2. The van der Waals surface area contributed by atoms with E-state index in [0.717, 1.165) is 0 Å². The molecule has 1 aromatic heterocycles. The maximum Gasteiger partial charge on any atom is 0.150 e. The maximum absolute atomic E-state index is 13.9. The van der Waals surface area contributed by atoms with Crippen LogP contribution in [0, 0.1) is 11.6 Å². The first kappa shape index (κ1) is 12.7. The summed E-state index contributed by atoms with van der Waals surface area (Å²) < 4.78 is 29.1. The zero-order chi connectivity index (χ0) is 13.1. The Labute approximate surface area is 104 Å². The fraction of sp³-hybridized carbons (Fsp3) is 0.308. The first-order chi connectivity index (χ1) is 8.58. The minimum absolute atomic E-state index is 0.0965. The first-order valence-corrected chi connectivity index (χ1v) is 5.77. The zero-order valence-corrected chi connectivity index (χ0v) is 10.3. The molecular formula is C13H15F2N3. The summed E-state index contributed by atoms with van der Waals surface area (Å²) in [5.74, 6) is -1.18. The SMILES string of the molecule is CC(C)NCc1cc(F)c(-n2ccnc2)c(F)c1. The topological polar surface area (TPSA) is 29.9 Å². The zero-order valence-electron chi connectivity index (χ0n) is 10.3. The van der Waals surface area contributed by atoms with Gasteiger partial charge >= 0.3 is 0 Å². The van der Waals surface area contributed by atoms with E-state index in [1.165, 1.54) is 35.4 Å². The number of nitrogens with one attached hydrogen (secondary N) is 1. The van der Waals surface area contributed by atoms with Crippen molar-refractivity contribution in [1.29, 1.82) is 0 Å². The van der Waals surface area contributed by atoms with Crippen molar-refractivity contribution >= 4 is 0 Å². The highest BCUT2D eigenvalue weighted by Gasteiger charge is 2.12. The number of imidazole rings is 1. The van der Waals surface area contributed by atoms with Crippen LogP contribution in [0.3, 0.4) is 0 Å². The first-order valence-electron chi connectivity index (χ1n) is 5.77. The summed E-state index contributed by atoms with van der Waals surface area (Å²) in [5, 5.41) is 3.12. The van der Waals surface area contributed by atoms with Crippen molar-refractivity contribution in [1.82, 2.24) is 14.9 Å². The molecule has 2 aromatic rings. The Hall–Kier alpha value is -1.75. The predicted octanol–water partition coefficient (Wildman–Crippen LogP) is 2.65. The van der Waals surface area contributed by atoms with E-state index >= 15 is 0 Å². The smallest absolute Gasteiger partial charge is 0.150 e. The van der Waals surface area contributed by atoms with Crippen LogP contribution >= 0.6 is 0 Å². The molecule has 96 valence electrons. The van der Waals surface area contributed by atoms with E-state index in [-0.39, 0.29) is 11.7 Å². The van der Waals surface area contributed by atoms with Gasteiger partial charge in [0.15, 0.2) is 11.6 Å². The molecule has 0 aliphatic heterocycles. The van der Waals surface area contributed by atoms with E-state index in [9.17, 15) is 8.78 Å². The van der Waals surface area contributed by atoms with Gasteiger partial charge < -0.3 is 9.88 Å². The highest BCUT2D eigenvalue weighted by atomic mass is 19.1. The quantitative estimate of drug-likeness (QED) is 0.905. The normalized spacial score (nSPS) is 11.2. The van der Waals surface area contributed by atoms with Crippen molar-refractivity contribution in [3.05, 3.63) is 48.1 Å². The van der Waals surface area contributed by atoms with Gasteiger partial charge in [0.25, 0.3) is 0 Å². The number of hydrogen-bond acceptors (Lipinski definition) is 2. The molecule has 0 aliphatic rings. The van der Waals surface area contributed by atoms with Gasteiger partial charge in [-0.1, -0.05) is 13.8 Å². The lowest BCUT2D eigenvalue weighted by atomic mass is 10.1. The number of nitrogens with zero attached hydrogens (tertiary/aromatic N) is 2. The molecule has 18 heavy (non-hydrogen) atoms. The van der Waals surface area contributed by atoms with Crippen LogP contribution in [0.1, 0.15) is 19.4 Å². The van der Waals surface area contributed by atoms with Gasteiger partial charge in [0.2, 0.25) is 0 Å². The van der Waals surface area contributed by atoms with Crippen LogP contribution in [0.15, 0.2) is 30.9 Å². The van der Waals surface area contributed by atoms with Gasteiger partial charge in [-0.25, -0.2) is 13.8 Å². The average molecular weight is 251 g/mol. The maximum atomic E-state index is 13.9. The standard InChI is InChI=1S/C13H15F2N3/c1-9(2)17-7-10-5-11(14)13(12(15)6-10)18-4-3-16-8-18/h3-6,8-9,17H,7H2,1-2H3. The molecule has 3 nitrogen and oxygen atoms in total. The molecule has 1 heterocycles. The van der Waals surface area contributed by atoms with Crippen LogP contribution in [0.5, 0.6) is 0 Å². The third-order valence-electron chi connectivity index (χ3n) is 2.55. The molecule has 0 bridgehead atoms. The highest BCUT2D eigenvalue weighted by Crippen LogP contribution is 2.19. The van der Waals surface area contributed by atoms with E-state index in [1.807, 2.05) is 13.8 Å². The van der Waals surface area contributed by atoms with Gasteiger partial charge in [0.1, 0.15) is 5.69 Å². The second-order valence-corrected chi connectivity index (χ2v) is 4.41. The Morgan fingerprint density at radius 2 is 1.94 bits per heavy atom. The van der Waals surface area contributed by atoms with E-state index in [1.54, 1.807) is 0 Å². The van der Waals surface area contributed by atoms with Crippen molar-refractivity contribution in [2.75, 3.05) is 0 Å². The van der Waals surface area contributed by atoms with Crippen LogP contribution in [0.4, 0.5) is 8.78 Å². The lowest BCUT2D eigenvalue weighted by molar-refractivity contribution is 0.552. The monoisotopic (exact) mass is 251 g/mol. The molecule has 0 amide bonds. The second kappa shape index (κ2) is 5.27. The summed E-state index contributed by atoms with van der Waals surface area (Å²) in [6, 6.07) is 2.95. The minimum atomic E-state index is -0.589. The largest absolute Gasteiger partial charge is 0.310 e. The van der Waals surface area contributed by atoms with Gasteiger partial charge in [-0.2, -0.15) is 0 Å². The average Bonchev–Trinajstić information content (AvgIpc) is 2.79. The third-order valence-corrected chi connectivity index (χ3v) is 2.55. The summed E-state index contributed by atoms with van der Waals surface area (Å²) >= 11 is 0. The lowest BCUT2D eigenvalue weighted by Crippen LogP contribution is -2.22. The highest BCUT2D eigenvalue weighted by molar-refractivity contribution is 5.38. The number of benzene rings is 1. The molecule has 0 unspecified atom stereocenters. The Morgan fingerprint density at radius 1 is 1.28 bits per heavy atom. The molecule has 5 heteroatoms. The summed E-state index contributed by atoms with van der Waals surface area (Å²) in [7, 11) is 0. The Balaban J connectivity index is 2.30. The summed E-state index contributed by atoms with van der Waals surface area (Å²) in [6.07, 6.45) is 4.36. The summed E-state index contributed by atoms with van der Waals surface area (Å²) in [5.41, 5.74) is 0.489. The minimum Gasteiger partial charge on any atom is -0.310 e. The molecule has 1 N–H and O–H groups in total. The molecule has 0 fully saturated rings. The van der Waals surface area contributed by atoms with Crippen LogP contribution in [-0.4, -0.2) is 15.6 Å². The van der Waals surface area contributed by atoms with Crippen LogP contribution in [-0.2, 0) is 6.54 Å². The summed E-state index contributed by atoms with van der Waals surface area (Å²) in [4.78, 5) is 3.78. The van der Waals surface area contributed by atoms with Crippen molar-refractivity contribution in [2.24, 2.45) is 0 Å². The van der Waals surface area contributed by atoms with Gasteiger partial charge in [-0.3, -0.25) is 0 Å². The molecule has 2 rings (SSSR count). The van der Waals surface area contributed by atoms with Gasteiger partial charge in [-0.05, 0) is 17.7 Å². The molecule has 0 atom stereocenters. The second-order valence-electron chi connectivity index (χ2n) is 4.41. The van der Waals surface area contributed by atoms with Crippen molar-refractivity contribution in [3.63, 3.8) is 0 Å². The van der Waals surface area contributed by atoms with Gasteiger partial charge in [0, 0.05) is 25.0 Å². The van der Waals surface area contributed by atoms with Crippen molar-refractivity contribution in [2.45, 2.75) is 26.4 Å². The van der Waals surface area contributed by atoms with Crippen LogP contribution in [0.25, 0.3) is 5.69 Å². The molecule has 0 saturated heterocycles. The predicted molar refractivity (Wildman–Crippen MR) is 65.5 cm³/mol. The molecule has 0 aliphatic carbocycles. The van der Waals surface area contributed by atoms with E-state index in [4.69, 9.17) is 0 Å². The molecule has 1 aromatic carbocycles. The fourth-order valence-electron chi connectivity index (χ4n) is 1.68. The Kier molecular flexibility index (Phi) is 3.72. The van der Waals surface area contributed by atoms with Gasteiger partial charge in [-0.15, -0.1) is 0 Å². The summed E-state index contributed by atoms with van der Waals surface area (Å²) in [6.45, 7) is 4.40.